The number of aliphatic hydroxyl groups is 1. The van der Waals surface area contributed by atoms with Gasteiger partial charge in [-0.05, 0) is 34.1 Å². The molecule has 110 valence electrons. The van der Waals surface area contributed by atoms with Crippen molar-refractivity contribution in [3.05, 3.63) is 0 Å². The zero-order valence-electron chi connectivity index (χ0n) is 12.4. The Labute approximate surface area is 115 Å². The van der Waals surface area contributed by atoms with Crippen LogP contribution in [0.4, 0.5) is 0 Å². The minimum atomic E-state index is -0.299. The number of β-amino-alcohol motifs (C(OH)–C–C–N with tert-alkyl or cyclic N) is 1. The lowest BCUT2D eigenvalue weighted by Crippen LogP contribution is -2.44. The van der Waals surface area contributed by atoms with Gasteiger partial charge in [-0.15, -0.1) is 0 Å². The summed E-state index contributed by atoms with van der Waals surface area (Å²) in [6, 6.07) is 0. The van der Waals surface area contributed by atoms with Crippen molar-refractivity contribution < 1.29 is 9.90 Å². The molecule has 6 heteroatoms. The Balaban J connectivity index is 2.56. The van der Waals surface area contributed by atoms with E-state index in [0.29, 0.717) is 12.5 Å². The van der Waals surface area contributed by atoms with Crippen molar-refractivity contribution in [1.82, 2.24) is 15.5 Å². The van der Waals surface area contributed by atoms with E-state index in [1.165, 1.54) is 0 Å². The molecule has 1 heterocycles. The molecule has 1 aliphatic heterocycles. The predicted octanol–water partition coefficient (Wildman–Crippen LogP) is -0.0668. The summed E-state index contributed by atoms with van der Waals surface area (Å²) in [5, 5.41) is 15.6. The van der Waals surface area contributed by atoms with E-state index in [2.05, 4.69) is 15.6 Å². The SMILES string of the molecule is CCNC(=NCC(=O)NC(C)(C)C)N1CC[C@@H](O)C1. The monoisotopic (exact) mass is 270 g/mol. The molecule has 6 nitrogen and oxygen atoms in total. The van der Waals surface area contributed by atoms with Crippen molar-refractivity contribution in [2.75, 3.05) is 26.2 Å². The van der Waals surface area contributed by atoms with E-state index in [1.54, 1.807) is 0 Å². The number of likely N-dealkylation sites (tertiary alicyclic amines) is 1. The average Bonchev–Trinajstić information content (AvgIpc) is 2.68. The summed E-state index contributed by atoms with van der Waals surface area (Å²) in [5.41, 5.74) is -0.241. The second kappa shape index (κ2) is 6.75. The van der Waals surface area contributed by atoms with Gasteiger partial charge in [0.1, 0.15) is 6.54 Å². The Hall–Kier alpha value is -1.30. The number of carbonyl (C=O) groups is 1. The first-order chi connectivity index (χ1) is 8.81. The first kappa shape index (κ1) is 15.8. The molecule has 1 saturated heterocycles. The molecular formula is C13H26N4O2. The van der Waals surface area contributed by atoms with E-state index in [0.717, 1.165) is 19.5 Å². The third kappa shape index (κ3) is 5.92. The Kier molecular flexibility index (Phi) is 5.60. The first-order valence-electron chi connectivity index (χ1n) is 6.84. The van der Waals surface area contributed by atoms with E-state index < -0.39 is 0 Å². The highest BCUT2D eigenvalue weighted by Gasteiger charge is 2.23. The number of hydrogen-bond donors (Lipinski definition) is 3. The fourth-order valence-electron chi connectivity index (χ4n) is 1.96. The number of hydrogen-bond acceptors (Lipinski definition) is 3. The highest BCUT2D eigenvalue weighted by Crippen LogP contribution is 2.08. The summed E-state index contributed by atoms with van der Waals surface area (Å²) in [5.74, 6) is 0.603. The van der Waals surface area contributed by atoms with Crippen LogP contribution in [0.15, 0.2) is 4.99 Å². The second-order valence-corrected chi connectivity index (χ2v) is 5.86. The van der Waals surface area contributed by atoms with Gasteiger partial charge in [0.25, 0.3) is 0 Å². The number of aliphatic hydroxyl groups excluding tert-OH is 1. The lowest BCUT2D eigenvalue weighted by Gasteiger charge is -2.22. The fourth-order valence-corrected chi connectivity index (χ4v) is 1.96. The second-order valence-electron chi connectivity index (χ2n) is 5.86. The number of nitrogens with one attached hydrogen (secondary N) is 2. The average molecular weight is 270 g/mol. The van der Waals surface area contributed by atoms with Crippen LogP contribution in [0, 0.1) is 0 Å². The molecule has 0 spiro atoms. The van der Waals surface area contributed by atoms with Crippen LogP contribution in [0.2, 0.25) is 0 Å². The third-order valence-electron chi connectivity index (χ3n) is 2.68. The van der Waals surface area contributed by atoms with Gasteiger partial charge in [-0.1, -0.05) is 0 Å². The number of amides is 1. The number of nitrogens with zero attached hydrogens (tertiary/aromatic N) is 2. The molecule has 0 aliphatic carbocycles. The molecule has 0 bridgehead atoms. The van der Waals surface area contributed by atoms with Crippen molar-refractivity contribution in [3.63, 3.8) is 0 Å². The van der Waals surface area contributed by atoms with Gasteiger partial charge in [0, 0.05) is 25.2 Å². The molecular weight excluding hydrogens is 244 g/mol. The van der Waals surface area contributed by atoms with Crippen LogP contribution in [0.3, 0.4) is 0 Å². The minimum absolute atomic E-state index is 0.0948. The summed E-state index contributed by atoms with van der Waals surface area (Å²) >= 11 is 0. The van der Waals surface area contributed by atoms with Gasteiger partial charge in [-0.2, -0.15) is 0 Å². The molecule has 0 saturated carbocycles. The van der Waals surface area contributed by atoms with Gasteiger partial charge in [-0.3, -0.25) is 4.79 Å². The summed E-state index contributed by atoms with van der Waals surface area (Å²) in [6.07, 6.45) is 0.450. The van der Waals surface area contributed by atoms with Crippen molar-refractivity contribution in [1.29, 1.82) is 0 Å². The molecule has 0 aromatic heterocycles. The van der Waals surface area contributed by atoms with Gasteiger partial charge in [-0.25, -0.2) is 4.99 Å². The Morgan fingerprint density at radius 2 is 2.16 bits per heavy atom. The lowest BCUT2D eigenvalue weighted by molar-refractivity contribution is -0.121. The van der Waals surface area contributed by atoms with E-state index in [-0.39, 0.29) is 24.1 Å². The lowest BCUT2D eigenvalue weighted by atomic mass is 10.1. The topological polar surface area (TPSA) is 77.0 Å². The third-order valence-corrected chi connectivity index (χ3v) is 2.68. The molecule has 3 N–H and O–H groups in total. The van der Waals surface area contributed by atoms with Gasteiger partial charge < -0.3 is 20.6 Å². The summed E-state index contributed by atoms with van der Waals surface area (Å²) in [4.78, 5) is 18.0. The largest absolute Gasteiger partial charge is 0.391 e. The van der Waals surface area contributed by atoms with Crippen molar-refractivity contribution in [2.45, 2.75) is 45.8 Å². The van der Waals surface area contributed by atoms with Crippen LogP contribution in [0.5, 0.6) is 0 Å². The summed E-state index contributed by atoms with van der Waals surface area (Å²) in [6.45, 7) is 10.0. The zero-order chi connectivity index (χ0) is 14.5. The zero-order valence-corrected chi connectivity index (χ0v) is 12.4. The van der Waals surface area contributed by atoms with E-state index in [9.17, 15) is 9.90 Å². The van der Waals surface area contributed by atoms with Gasteiger partial charge in [0.2, 0.25) is 5.91 Å². The molecule has 0 aromatic carbocycles. The van der Waals surface area contributed by atoms with Crippen molar-refractivity contribution in [2.24, 2.45) is 4.99 Å². The van der Waals surface area contributed by atoms with Gasteiger partial charge in [0.05, 0.1) is 6.10 Å². The molecule has 1 fully saturated rings. The Morgan fingerprint density at radius 1 is 1.47 bits per heavy atom. The molecule has 0 unspecified atom stereocenters. The van der Waals surface area contributed by atoms with Crippen LogP contribution in [-0.2, 0) is 4.79 Å². The standard InChI is InChI=1S/C13H26N4O2/c1-5-14-12(17-7-6-10(18)9-17)15-8-11(19)16-13(2,3)4/h10,18H,5-9H2,1-4H3,(H,14,15)(H,16,19)/t10-/m1/s1. The van der Waals surface area contributed by atoms with Crippen LogP contribution < -0.4 is 10.6 Å². The summed E-state index contributed by atoms with van der Waals surface area (Å²) in [7, 11) is 0. The number of aliphatic imine (C=N–C) groups is 1. The number of guanidine groups is 1. The molecule has 0 aromatic rings. The maximum atomic E-state index is 11.7. The van der Waals surface area contributed by atoms with Crippen molar-refractivity contribution in [3.8, 4) is 0 Å². The van der Waals surface area contributed by atoms with Crippen LogP contribution in [-0.4, -0.2) is 59.7 Å². The number of carbonyl (C=O) groups excluding carboxylic acids is 1. The molecule has 1 atom stereocenters. The highest BCUT2D eigenvalue weighted by molar-refractivity contribution is 5.85. The van der Waals surface area contributed by atoms with Crippen LogP contribution in [0.1, 0.15) is 34.1 Å². The summed E-state index contributed by atoms with van der Waals surface area (Å²) < 4.78 is 0. The normalized spacial score (nSPS) is 20.6. The molecule has 1 aliphatic rings. The van der Waals surface area contributed by atoms with Crippen molar-refractivity contribution >= 4 is 11.9 Å². The molecule has 1 rings (SSSR count). The predicted molar refractivity (Wildman–Crippen MR) is 76.1 cm³/mol. The quantitative estimate of drug-likeness (QED) is 0.496. The minimum Gasteiger partial charge on any atom is -0.391 e. The number of rotatable bonds is 3. The fraction of sp³-hybridized carbons (Fsp3) is 0.846. The van der Waals surface area contributed by atoms with Gasteiger partial charge >= 0.3 is 0 Å². The van der Waals surface area contributed by atoms with E-state index in [1.807, 2.05) is 32.6 Å². The smallest absolute Gasteiger partial charge is 0.242 e. The Morgan fingerprint density at radius 3 is 2.63 bits per heavy atom. The molecule has 19 heavy (non-hydrogen) atoms. The van der Waals surface area contributed by atoms with Crippen LogP contribution in [0.25, 0.3) is 0 Å². The van der Waals surface area contributed by atoms with Gasteiger partial charge in [0.15, 0.2) is 5.96 Å². The van der Waals surface area contributed by atoms with E-state index >= 15 is 0 Å². The Bertz CT molecular complexity index is 336. The maximum Gasteiger partial charge on any atom is 0.242 e. The van der Waals surface area contributed by atoms with Crippen LogP contribution >= 0.6 is 0 Å². The first-order valence-corrected chi connectivity index (χ1v) is 6.84. The maximum absolute atomic E-state index is 11.7. The highest BCUT2D eigenvalue weighted by atomic mass is 16.3. The van der Waals surface area contributed by atoms with E-state index in [4.69, 9.17) is 0 Å². The molecule has 1 amide bonds. The molecule has 0 radical (unpaired) electrons.